The molecule has 1 saturated heterocycles. The van der Waals surface area contributed by atoms with Gasteiger partial charge in [0.1, 0.15) is 17.5 Å². The average Bonchev–Trinajstić information content (AvgIpc) is 3.04. The lowest BCUT2D eigenvalue weighted by Crippen LogP contribution is -2.45. The van der Waals surface area contributed by atoms with Gasteiger partial charge in [-0.3, -0.25) is 14.6 Å². The maximum absolute atomic E-state index is 13.0. The van der Waals surface area contributed by atoms with Crippen LogP contribution < -0.4 is 10.5 Å². The third-order valence-corrected chi connectivity index (χ3v) is 5.34. The van der Waals surface area contributed by atoms with Crippen molar-refractivity contribution in [2.24, 2.45) is 12.8 Å². The molecule has 29 heavy (non-hydrogen) atoms. The Balaban J connectivity index is 1.43. The van der Waals surface area contributed by atoms with Crippen molar-refractivity contribution in [1.29, 1.82) is 0 Å². The molecule has 0 radical (unpaired) electrons. The number of aromatic nitrogens is 2. The SMILES string of the molecule is Cn1cc(CC(=O)N2CCCC(Oc3ccnc(C(N)=O)c3)C2)c2ccccc21. The second-order valence-corrected chi connectivity index (χ2v) is 7.42. The van der Waals surface area contributed by atoms with Crippen molar-refractivity contribution in [3.8, 4) is 5.75 Å². The van der Waals surface area contributed by atoms with Crippen LogP contribution in [0.5, 0.6) is 5.75 Å². The van der Waals surface area contributed by atoms with Gasteiger partial charge in [0.05, 0.1) is 13.0 Å². The second kappa shape index (κ2) is 7.95. The largest absolute Gasteiger partial charge is 0.488 e. The summed E-state index contributed by atoms with van der Waals surface area (Å²) in [5, 5.41) is 1.11. The van der Waals surface area contributed by atoms with E-state index in [1.165, 1.54) is 6.20 Å². The molecule has 7 heteroatoms. The van der Waals surface area contributed by atoms with Crippen LogP contribution >= 0.6 is 0 Å². The summed E-state index contributed by atoms with van der Waals surface area (Å²) >= 11 is 0. The minimum atomic E-state index is -0.592. The molecular formula is C22H24N4O3. The number of rotatable bonds is 5. The second-order valence-electron chi connectivity index (χ2n) is 7.42. The summed E-state index contributed by atoms with van der Waals surface area (Å²) in [5.41, 5.74) is 7.61. The molecule has 1 aliphatic rings. The zero-order valence-corrected chi connectivity index (χ0v) is 16.4. The lowest BCUT2D eigenvalue weighted by molar-refractivity contribution is -0.133. The maximum Gasteiger partial charge on any atom is 0.267 e. The van der Waals surface area contributed by atoms with Gasteiger partial charge in [-0.15, -0.1) is 0 Å². The number of likely N-dealkylation sites (tertiary alicyclic amines) is 1. The van der Waals surface area contributed by atoms with Gasteiger partial charge >= 0.3 is 0 Å². The molecule has 7 nitrogen and oxygen atoms in total. The smallest absolute Gasteiger partial charge is 0.267 e. The third-order valence-electron chi connectivity index (χ3n) is 5.34. The number of carbonyl (C=O) groups is 2. The minimum absolute atomic E-state index is 0.0993. The Morgan fingerprint density at radius 3 is 2.93 bits per heavy atom. The summed E-state index contributed by atoms with van der Waals surface area (Å²) in [6.45, 7) is 1.25. The first kappa shape index (κ1) is 19.0. The van der Waals surface area contributed by atoms with Crippen LogP contribution in [0.15, 0.2) is 48.8 Å². The van der Waals surface area contributed by atoms with E-state index >= 15 is 0 Å². The van der Waals surface area contributed by atoms with E-state index in [4.69, 9.17) is 10.5 Å². The van der Waals surface area contributed by atoms with Gasteiger partial charge in [0.25, 0.3) is 5.91 Å². The molecule has 0 aliphatic carbocycles. The molecular weight excluding hydrogens is 368 g/mol. The number of nitrogens with two attached hydrogens (primary N) is 1. The highest BCUT2D eigenvalue weighted by Crippen LogP contribution is 2.23. The molecule has 0 bridgehead atoms. The predicted molar refractivity (Wildman–Crippen MR) is 110 cm³/mol. The van der Waals surface area contributed by atoms with Gasteiger partial charge in [-0.05, 0) is 30.5 Å². The number of hydrogen-bond donors (Lipinski definition) is 1. The van der Waals surface area contributed by atoms with Gasteiger partial charge in [0, 0.05) is 43.0 Å². The minimum Gasteiger partial charge on any atom is -0.488 e. The topological polar surface area (TPSA) is 90.4 Å². The average molecular weight is 392 g/mol. The summed E-state index contributed by atoms with van der Waals surface area (Å²) in [6.07, 6.45) is 5.51. The molecule has 1 unspecified atom stereocenters. The van der Waals surface area contributed by atoms with Crippen LogP contribution in [-0.4, -0.2) is 45.5 Å². The molecule has 2 amide bonds. The van der Waals surface area contributed by atoms with E-state index in [2.05, 4.69) is 21.7 Å². The molecule has 1 atom stereocenters. The molecule has 3 heterocycles. The lowest BCUT2D eigenvalue weighted by atomic mass is 10.1. The van der Waals surface area contributed by atoms with Gasteiger partial charge in [-0.2, -0.15) is 0 Å². The Labute approximate surface area is 169 Å². The highest BCUT2D eigenvalue weighted by Gasteiger charge is 2.26. The van der Waals surface area contributed by atoms with E-state index in [0.29, 0.717) is 18.7 Å². The number of amides is 2. The number of primary amides is 1. The van der Waals surface area contributed by atoms with Crippen molar-refractivity contribution in [3.63, 3.8) is 0 Å². The number of fused-ring (bicyclic) bond motifs is 1. The van der Waals surface area contributed by atoms with Crippen LogP contribution in [0, 0.1) is 0 Å². The fraction of sp³-hybridized carbons (Fsp3) is 0.318. The van der Waals surface area contributed by atoms with Crippen LogP contribution in [0.25, 0.3) is 10.9 Å². The first-order chi connectivity index (χ1) is 14.0. The predicted octanol–water partition coefficient (Wildman–Crippen LogP) is 2.28. The van der Waals surface area contributed by atoms with E-state index < -0.39 is 5.91 Å². The molecule has 150 valence electrons. The van der Waals surface area contributed by atoms with Gasteiger partial charge in [-0.1, -0.05) is 18.2 Å². The molecule has 3 aromatic rings. The van der Waals surface area contributed by atoms with Crippen molar-refractivity contribution >= 4 is 22.7 Å². The van der Waals surface area contributed by atoms with Crippen LogP contribution in [0.2, 0.25) is 0 Å². The maximum atomic E-state index is 13.0. The van der Waals surface area contributed by atoms with Crippen molar-refractivity contribution in [2.75, 3.05) is 13.1 Å². The van der Waals surface area contributed by atoms with E-state index in [1.807, 2.05) is 30.3 Å². The van der Waals surface area contributed by atoms with Crippen molar-refractivity contribution in [2.45, 2.75) is 25.4 Å². The first-order valence-electron chi connectivity index (χ1n) is 9.74. The van der Waals surface area contributed by atoms with Gasteiger partial charge in [0.15, 0.2) is 0 Å². The van der Waals surface area contributed by atoms with Crippen molar-refractivity contribution in [3.05, 3.63) is 60.0 Å². The Morgan fingerprint density at radius 2 is 2.10 bits per heavy atom. The number of para-hydroxylation sites is 1. The molecule has 0 saturated carbocycles. The number of aryl methyl sites for hydroxylation is 1. The van der Waals surface area contributed by atoms with E-state index in [9.17, 15) is 9.59 Å². The Hall–Kier alpha value is -3.35. The molecule has 4 rings (SSSR count). The fourth-order valence-corrected chi connectivity index (χ4v) is 3.91. The van der Waals surface area contributed by atoms with Gasteiger partial charge in [-0.25, -0.2) is 0 Å². The molecule has 1 aromatic carbocycles. The van der Waals surface area contributed by atoms with E-state index in [0.717, 1.165) is 35.9 Å². The highest BCUT2D eigenvalue weighted by atomic mass is 16.5. The Morgan fingerprint density at radius 1 is 1.28 bits per heavy atom. The zero-order chi connectivity index (χ0) is 20.4. The van der Waals surface area contributed by atoms with Gasteiger partial charge in [0.2, 0.25) is 5.91 Å². The molecule has 1 aliphatic heterocycles. The third kappa shape index (κ3) is 4.08. The monoisotopic (exact) mass is 392 g/mol. The van der Waals surface area contributed by atoms with Crippen molar-refractivity contribution in [1.82, 2.24) is 14.5 Å². The number of ether oxygens (including phenoxy) is 1. The summed E-state index contributed by atoms with van der Waals surface area (Å²) in [5.74, 6) is 0.0512. The van der Waals surface area contributed by atoms with Crippen LogP contribution in [0.3, 0.4) is 0 Å². The van der Waals surface area contributed by atoms with Crippen LogP contribution in [0.4, 0.5) is 0 Å². The molecule has 0 spiro atoms. The summed E-state index contributed by atoms with van der Waals surface area (Å²) in [7, 11) is 2.00. The number of piperidine rings is 1. The summed E-state index contributed by atoms with van der Waals surface area (Å²) in [6, 6.07) is 11.4. The van der Waals surface area contributed by atoms with Gasteiger partial charge < -0.3 is 19.9 Å². The fourth-order valence-electron chi connectivity index (χ4n) is 3.91. The van der Waals surface area contributed by atoms with Crippen LogP contribution in [-0.2, 0) is 18.3 Å². The summed E-state index contributed by atoms with van der Waals surface area (Å²) < 4.78 is 8.06. The zero-order valence-electron chi connectivity index (χ0n) is 16.4. The molecule has 2 aromatic heterocycles. The number of pyridine rings is 1. The van der Waals surface area contributed by atoms with E-state index in [-0.39, 0.29) is 17.7 Å². The first-order valence-corrected chi connectivity index (χ1v) is 9.74. The Bertz CT molecular complexity index is 1060. The summed E-state index contributed by atoms with van der Waals surface area (Å²) in [4.78, 5) is 30.1. The van der Waals surface area contributed by atoms with Crippen molar-refractivity contribution < 1.29 is 14.3 Å². The van der Waals surface area contributed by atoms with Crippen LogP contribution in [0.1, 0.15) is 28.9 Å². The normalized spacial score (nSPS) is 16.7. The number of nitrogens with zero attached hydrogens (tertiary/aromatic N) is 3. The van der Waals surface area contributed by atoms with E-state index in [1.54, 1.807) is 12.1 Å². The quantitative estimate of drug-likeness (QED) is 0.721. The molecule has 2 N–H and O–H groups in total. The highest BCUT2D eigenvalue weighted by molar-refractivity contribution is 5.91. The number of benzene rings is 1. The Kier molecular flexibility index (Phi) is 5.20. The standard InChI is InChI=1S/C22H24N4O3/c1-25-13-15(18-6-2-3-7-20(18)25)11-21(27)26-10-4-5-17(14-26)29-16-8-9-24-19(12-16)22(23)28/h2-3,6-9,12-13,17H,4-5,10-11,14H2,1H3,(H2,23,28). The lowest BCUT2D eigenvalue weighted by Gasteiger charge is -2.33. The molecule has 1 fully saturated rings. The number of carbonyl (C=O) groups excluding carboxylic acids is 2. The number of hydrogen-bond acceptors (Lipinski definition) is 4.